The predicted octanol–water partition coefficient (Wildman–Crippen LogP) is 4.34. The van der Waals surface area contributed by atoms with Gasteiger partial charge in [0, 0.05) is 6.04 Å². The Morgan fingerprint density at radius 3 is 2.72 bits per heavy atom. The summed E-state index contributed by atoms with van der Waals surface area (Å²) < 4.78 is 0. The normalized spacial score (nSPS) is 25.3. The van der Waals surface area contributed by atoms with Gasteiger partial charge in [0.25, 0.3) is 0 Å². The van der Waals surface area contributed by atoms with Crippen LogP contribution in [0.15, 0.2) is 24.3 Å². The highest BCUT2D eigenvalue weighted by Gasteiger charge is 2.31. The van der Waals surface area contributed by atoms with Crippen molar-refractivity contribution >= 4 is 0 Å². The molecule has 1 N–H and O–H groups in total. The average molecular weight is 245 g/mol. The fourth-order valence-electron chi connectivity index (χ4n) is 3.41. The molecule has 0 aromatic heterocycles. The Bertz CT molecular complexity index is 372. The largest absolute Gasteiger partial charge is 0.310 e. The van der Waals surface area contributed by atoms with Crippen molar-refractivity contribution in [2.24, 2.45) is 11.8 Å². The fraction of sp³-hybridized carbons (Fsp3) is 0.647. The smallest absolute Gasteiger partial charge is 0.0351 e. The minimum Gasteiger partial charge on any atom is -0.310 e. The van der Waals surface area contributed by atoms with Crippen molar-refractivity contribution in [3.8, 4) is 0 Å². The maximum atomic E-state index is 3.72. The van der Waals surface area contributed by atoms with E-state index in [0.717, 1.165) is 24.8 Å². The van der Waals surface area contributed by atoms with Gasteiger partial charge in [0.2, 0.25) is 0 Å². The molecule has 0 amide bonds. The van der Waals surface area contributed by atoms with Gasteiger partial charge in [-0.1, -0.05) is 57.9 Å². The van der Waals surface area contributed by atoms with Crippen molar-refractivity contribution < 1.29 is 0 Å². The first-order valence-electron chi connectivity index (χ1n) is 7.58. The van der Waals surface area contributed by atoms with Gasteiger partial charge in [0.15, 0.2) is 0 Å². The SMILES string of the molecule is CCNC(c1cccc(CC)c1)C1CCCC1C. The molecule has 0 radical (unpaired) electrons. The highest BCUT2D eigenvalue weighted by atomic mass is 14.9. The number of aryl methyl sites for hydroxylation is 1. The van der Waals surface area contributed by atoms with Gasteiger partial charge in [-0.2, -0.15) is 0 Å². The minimum absolute atomic E-state index is 0.555. The number of hydrogen-bond donors (Lipinski definition) is 1. The van der Waals surface area contributed by atoms with Crippen LogP contribution >= 0.6 is 0 Å². The van der Waals surface area contributed by atoms with Crippen LogP contribution in [0.25, 0.3) is 0 Å². The van der Waals surface area contributed by atoms with Gasteiger partial charge < -0.3 is 5.32 Å². The topological polar surface area (TPSA) is 12.0 Å². The van der Waals surface area contributed by atoms with E-state index >= 15 is 0 Å². The third-order valence-corrected chi connectivity index (χ3v) is 4.50. The van der Waals surface area contributed by atoms with Gasteiger partial charge in [-0.25, -0.2) is 0 Å². The third-order valence-electron chi connectivity index (χ3n) is 4.50. The lowest BCUT2D eigenvalue weighted by molar-refractivity contribution is 0.305. The van der Waals surface area contributed by atoms with Crippen LogP contribution in [0.5, 0.6) is 0 Å². The number of rotatable bonds is 5. The highest BCUT2D eigenvalue weighted by Crippen LogP contribution is 2.40. The van der Waals surface area contributed by atoms with E-state index in [1.54, 1.807) is 0 Å². The average Bonchev–Trinajstić information content (AvgIpc) is 2.82. The molecule has 1 aliphatic carbocycles. The summed E-state index contributed by atoms with van der Waals surface area (Å²) in [6.45, 7) is 7.94. The summed E-state index contributed by atoms with van der Waals surface area (Å²) in [5.41, 5.74) is 2.95. The van der Waals surface area contributed by atoms with E-state index < -0.39 is 0 Å². The van der Waals surface area contributed by atoms with E-state index in [2.05, 4.69) is 50.4 Å². The summed E-state index contributed by atoms with van der Waals surface area (Å²) >= 11 is 0. The molecule has 0 saturated heterocycles. The Morgan fingerprint density at radius 2 is 2.11 bits per heavy atom. The lowest BCUT2D eigenvalue weighted by atomic mass is 9.85. The molecular weight excluding hydrogens is 218 g/mol. The van der Waals surface area contributed by atoms with Crippen molar-refractivity contribution in [3.63, 3.8) is 0 Å². The fourth-order valence-corrected chi connectivity index (χ4v) is 3.41. The van der Waals surface area contributed by atoms with Crippen LogP contribution in [0.4, 0.5) is 0 Å². The second-order valence-corrected chi connectivity index (χ2v) is 5.71. The minimum atomic E-state index is 0.555. The summed E-state index contributed by atoms with van der Waals surface area (Å²) in [6.07, 6.45) is 5.32. The van der Waals surface area contributed by atoms with E-state index in [1.165, 1.54) is 30.4 Å². The summed E-state index contributed by atoms with van der Waals surface area (Å²) in [7, 11) is 0. The quantitative estimate of drug-likeness (QED) is 0.814. The number of benzene rings is 1. The second-order valence-electron chi connectivity index (χ2n) is 5.71. The molecule has 100 valence electrons. The highest BCUT2D eigenvalue weighted by molar-refractivity contribution is 5.27. The molecule has 3 atom stereocenters. The van der Waals surface area contributed by atoms with Crippen LogP contribution in [0.2, 0.25) is 0 Å². The molecule has 0 spiro atoms. The monoisotopic (exact) mass is 245 g/mol. The first kappa shape index (κ1) is 13.6. The van der Waals surface area contributed by atoms with Gasteiger partial charge in [0.05, 0.1) is 0 Å². The van der Waals surface area contributed by atoms with E-state index in [4.69, 9.17) is 0 Å². The van der Waals surface area contributed by atoms with Crippen LogP contribution < -0.4 is 5.32 Å². The molecule has 18 heavy (non-hydrogen) atoms. The molecule has 0 aliphatic heterocycles. The summed E-state index contributed by atoms with van der Waals surface area (Å²) in [4.78, 5) is 0. The Morgan fingerprint density at radius 1 is 1.28 bits per heavy atom. The first-order valence-corrected chi connectivity index (χ1v) is 7.58. The Labute approximate surface area is 112 Å². The summed E-state index contributed by atoms with van der Waals surface area (Å²) in [6, 6.07) is 9.72. The predicted molar refractivity (Wildman–Crippen MR) is 78.7 cm³/mol. The Kier molecular flexibility index (Phi) is 4.82. The molecule has 3 unspecified atom stereocenters. The van der Waals surface area contributed by atoms with Crippen molar-refractivity contribution in [1.29, 1.82) is 0 Å². The Balaban J connectivity index is 2.22. The van der Waals surface area contributed by atoms with E-state index in [0.29, 0.717) is 6.04 Å². The van der Waals surface area contributed by atoms with E-state index in [1.807, 2.05) is 0 Å². The van der Waals surface area contributed by atoms with Crippen molar-refractivity contribution in [3.05, 3.63) is 35.4 Å². The van der Waals surface area contributed by atoms with E-state index in [-0.39, 0.29) is 0 Å². The summed E-state index contributed by atoms with van der Waals surface area (Å²) in [5, 5.41) is 3.72. The van der Waals surface area contributed by atoms with Gasteiger partial charge in [-0.15, -0.1) is 0 Å². The molecule has 0 heterocycles. The molecule has 2 rings (SSSR count). The van der Waals surface area contributed by atoms with Crippen molar-refractivity contribution in [2.45, 2.75) is 52.5 Å². The molecule has 1 saturated carbocycles. The third kappa shape index (κ3) is 2.95. The van der Waals surface area contributed by atoms with Crippen molar-refractivity contribution in [1.82, 2.24) is 5.32 Å². The zero-order valence-corrected chi connectivity index (χ0v) is 12.1. The van der Waals surface area contributed by atoms with Crippen molar-refractivity contribution in [2.75, 3.05) is 6.54 Å². The molecular formula is C17H27N. The van der Waals surface area contributed by atoms with Crippen LogP contribution in [0.3, 0.4) is 0 Å². The first-order chi connectivity index (χ1) is 8.76. The van der Waals surface area contributed by atoms with Gasteiger partial charge in [-0.3, -0.25) is 0 Å². The Hall–Kier alpha value is -0.820. The van der Waals surface area contributed by atoms with Gasteiger partial charge >= 0.3 is 0 Å². The maximum absolute atomic E-state index is 3.72. The molecule has 1 aromatic rings. The lowest BCUT2D eigenvalue weighted by Crippen LogP contribution is -2.29. The molecule has 1 aromatic carbocycles. The number of nitrogens with one attached hydrogen (secondary N) is 1. The molecule has 1 heteroatoms. The molecule has 1 fully saturated rings. The molecule has 0 bridgehead atoms. The van der Waals surface area contributed by atoms with E-state index in [9.17, 15) is 0 Å². The number of hydrogen-bond acceptors (Lipinski definition) is 1. The summed E-state index contributed by atoms with van der Waals surface area (Å²) in [5.74, 6) is 1.68. The van der Waals surface area contributed by atoms with Crippen LogP contribution in [0.1, 0.15) is 57.2 Å². The lowest BCUT2D eigenvalue weighted by Gasteiger charge is -2.28. The van der Waals surface area contributed by atoms with Crippen LogP contribution in [-0.4, -0.2) is 6.54 Å². The molecule has 1 aliphatic rings. The van der Waals surface area contributed by atoms with Gasteiger partial charge in [0.1, 0.15) is 0 Å². The maximum Gasteiger partial charge on any atom is 0.0351 e. The second kappa shape index (κ2) is 6.38. The molecule has 1 nitrogen and oxygen atoms in total. The zero-order valence-electron chi connectivity index (χ0n) is 12.1. The zero-order chi connectivity index (χ0) is 13.0. The van der Waals surface area contributed by atoms with Crippen LogP contribution in [-0.2, 0) is 6.42 Å². The van der Waals surface area contributed by atoms with Crippen LogP contribution in [0, 0.1) is 11.8 Å². The van der Waals surface area contributed by atoms with Gasteiger partial charge in [-0.05, 0) is 42.3 Å². The standard InChI is InChI=1S/C17H27N/c1-4-14-9-7-10-15(12-14)17(18-5-2)16-11-6-8-13(16)3/h7,9-10,12-13,16-18H,4-6,8,11H2,1-3H3.